The minimum atomic E-state index is -3.90. The lowest BCUT2D eigenvalue weighted by molar-refractivity contribution is -0.141. The summed E-state index contributed by atoms with van der Waals surface area (Å²) in [6.07, 6.45) is 1.28. The van der Waals surface area contributed by atoms with Crippen LogP contribution in [0.3, 0.4) is 0 Å². The Hall–Kier alpha value is -2.10. The van der Waals surface area contributed by atoms with E-state index in [1.807, 2.05) is 0 Å². The molecular formula is C21H30N2O6S. The molecule has 1 fully saturated rings. The molecule has 0 aliphatic carbocycles. The molecule has 0 spiro atoms. The molecule has 2 atom stereocenters. The van der Waals surface area contributed by atoms with Gasteiger partial charge >= 0.3 is 0 Å². The number of carbonyl (C=O) groups is 3. The number of rotatable bonds is 7. The van der Waals surface area contributed by atoms with Crippen molar-refractivity contribution in [3.05, 3.63) is 30.3 Å². The topological polar surface area (TPSA) is 119 Å². The van der Waals surface area contributed by atoms with Gasteiger partial charge in [0.1, 0.15) is 0 Å². The van der Waals surface area contributed by atoms with Gasteiger partial charge in [-0.2, -0.15) is 0 Å². The second-order valence-corrected chi connectivity index (χ2v) is 9.47. The number of carbonyl (C=O) groups excluding carboxylic acids is 3. The van der Waals surface area contributed by atoms with Gasteiger partial charge in [0, 0.05) is 32.1 Å². The number of sulfonamides is 1. The van der Waals surface area contributed by atoms with E-state index in [0.717, 1.165) is 0 Å². The SMILES string of the molecule is CC(C)C(NS(=O)(=O)c1ccccc1)C(=O)CC1CCCOCCCNC(=O)C1=O. The van der Waals surface area contributed by atoms with E-state index in [0.29, 0.717) is 39.0 Å². The Morgan fingerprint density at radius 3 is 2.50 bits per heavy atom. The number of hydrogen-bond acceptors (Lipinski definition) is 6. The third-order valence-electron chi connectivity index (χ3n) is 4.98. The average molecular weight is 439 g/mol. The fourth-order valence-electron chi connectivity index (χ4n) is 3.29. The normalized spacial score (nSPS) is 20.3. The van der Waals surface area contributed by atoms with Crippen molar-refractivity contribution < 1.29 is 27.5 Å². The summed E-state index contributed by atoms with van der Waals surface area (Å²) < 4.78 is 33.3. The zero-order valence-corrected chi connectivity index (χ0v) is 18.2. The number of nitrogens with one attached hydrogen (secondary N) is 2. The lowest BCUT2D eigenvalue weighted by atomic mass is 9.88. The molecule has 2 unspecified atom stereocenters. The zero-order valence-electron chi connectivity index (χ0n) is 17.4. The number of amides is 1. The first kappa shape index (κ1) is 24.2. The van der Waals surface area contributed by atoms with Gasteiger partial charge in [-0.25, -0.2) is 13.1 Å². The fraction of sp³-hybridized carbons (Fsp3) is 0.571. The first-order chi connectivity index (χ1) is 14.2. The third-order valence-corrected chi connectivity index (χ3v) is 6.44. The van der Waals surface area contributed by atoms with Crippen LogP contribution in [0.1, 0.15) is 39.5 Å². The van der Waals surface area contributed by atoms with Crippen molar-refractivity contribution in [1.29, 1.82) is 0 Å². The molecule has 1 amide bonds. The average Bonchev–Trinajstić information content (AvgIpc) is 2.75. The number of ether oxygens (including phenoxy) is 1. The molecule has 1 aliphatic rings. The van der Waals surface area contributed by atoms with Gasteiger partial charge in [-0.15, -0.1) is 0 Å². The highest BCUT2D eigenvalue weighted by Gasteiger charge is 2.33. The molecular weight excluding hydrogens is 408 g/mol. The fourth-order valence-corrected chi connectivity index (χ4v) is 4.68. The summed E-state index contributed by atoms with van der Waals surface area (Å²) in [5.74, 6) is -2.89. The predicted molar refractivity (Wildman–Crippen MR) is 111 cm³/mol. The zero-order chi connectivity index (χ0) is 22.1. The van der Waals surface area contributed by atoms with Gasteiger partial charge < -0.3 is 10.1 Å². The van der Waals surface area contributed by atoms with Crippen LogP contribution in [0, 0.1) is 11.8 Å². The molecule has 1 heterocycles. The Bertz CT molecular complexity index is 838. The number of benzene rings is 1. The van der Waals surface area contributed by atoms with Crippen molar-refractivity contribution in [2.24, 2.45) is 11.8 Å². The first-order valence-corrected chi connectivity index (χ1v) is 11.7. The highest BCUT2D eigenvalue weighted by Crippen LogP contribution is 2.19. The van der Waals surface area contributed by atoms with E-state index in [4.69, 9.17) is 4.74 Å². The molecule has 0 aromatic heterocycles. The highest BCUT2D eigenvalue weighted by atomic mass is 32.2. The van der Waals surface area contributed by atoms with Gasteiger partial charge in [0.15, 0.2) is 5.78 Å². The summed E-state index contributed by atoms with van der Waals surface area (Å²) in [5, 5.41) is 2.55. The van der Waals surface area contributed by atoms with Gasteiger partial charge in [-0.3, -0.25) is 14.4 Å². The van der Waals surface area contributed by atoms with Crippen molar-refractivity contribution in [3.8, 4) is 0 Å². The van der Waals surface area contributed by atoms with E-state index in [-0.39, 0.29) is 17.2 Å². The van der Waals surface area contributed by atoms with Crippen LogP contribution in [0.2, 0.25) is 0 Å². The Labute approximate surface area is 177 Å². The highest BCUT2D eigenvalue weighted by molar-refractivity contribution is 7.89. The molecule has 1 aliphatic heterocycles. The van der Waals surface area contributed by atoms with E-state index in [1.165, 1.54) is 12.1 Å². The van der Waals surface area contributed by atoms with Gasteiger partial charge in [-0.1, -0.05) is 32.0 Å². The molecule has 2 rings (SSSR count). The van der Waals surface area contributed by atoms with Gasteiger partial charge in [0.25, 0.3) is 5.91 Å². The Kier molecular flexibility index (Phi) is 9.13. The molecule has 1 aromatic carbocycles. The molecule has 1 saturated heterocycles. The predicted octanol–water partition coefficient (Wildman–Crippen LogP) is 1.45. The summed E-state index contributed by atoms with van der Waals surface area (Å²) in [6, 6.07) is 6.79. The van der Waals surface area contributed by atoms with Crippen LogP contribution in [-0.2, 0) is 29.1 Å². The van der Waals surface area contributed by atoms with Crippen molar-refractivity contribution in [2.45, 2.75) is 50.5 Å². The van der Waals surface area contributed by atoms with E-state index in [9.17, 15) is 22.8 Å². The summed E-state index contributed by atoms with van der Waals surface area (Å²) in [7, 11) is -3.90. The van der Waals surface area contributed by atoms with Crippen LogP contribution >= 0.6 is 0 Å². The minimum absolute atomic E-state index is 0.0611. The van der Waals surface area contributed by atoms with Crippen LogP contribution in [0.25, 0.3) is 0 Å². The number of ketones is 2. The van der Waals surface area contributed by atoms with Gasteiger partial charge in [0.05, 0.1) is 10.9 Å². The van der Waals surface area contributed by atoms with Crippen molar-refractivity contribution in [2.75, 3.05) is 19.8 Å². The summed E-state index contributed by atoms with van der Waals surface area (Å²) in [5.41, 5.74) is 0. The maximum Gasteiger partial charge on any atom is 0.287 e. The lowest BCUT2D eigenvalue weighted by Gasteiger charge is -2.23. The van der Waals surface area contributed by atoms with Crippen LogP contribution in [-0.4, -0.2) is 51.7 Å². The van der Waals surface area contributed by atoms with Crippen LogP contribution in [0.4, 0.5) is 0 Å². The van der Waals surface area contributed by atoms with Crippen molar-refractivity contribution in [1.82, 2.24) is 10.0 Å². The third kappa shape index (κ3) is 7.00. The van der Waals surface area contributed by atoms with Crippen LogP contribution in [0.5, 0.6) is 0 Å². The van der Waals surface area contributed by atoms with E-state index < -0.39 is 39.5 Å². The Morgan fingerprint density at radius 2 is 1.83 bits per heavy atom. The molecule has 2 N–H and O–H groups in total. The van der Waals surface area contributed by atoms with Crippen LogP contribution in [0.15, 0.2) is 35.2 Å². The molecule has 0 saturated carbocycles. The molecule has 0 bridgehead atoms. The van der Waals surface area contributed by atoms with E-state index in [1.54, 1.807) is 32.0 Å². The van der Waals surface area contributed by atoms with Crippen molar-refractivity contribution in [3.63, 3.8) is 0 Å². The summed E-state index contributed by atoms with van der Waals surface area (Å²) in [4.78, 5) is 37.7. The monoisotopic (exact) mass is 438 g/mol. The Balaban J connectivity index is 2.15. The summed E-state index contributed by atoms with van der Waals surface area (Å²) in [6.45, 7) is 4.73. The van der Waals surface area contributed by atoms with E-state index in [2.05, 4.69) is 10.0 Å². The molecule has 8 nitrogen and oxygen atoms in total. The standard InChI is InChI=1S/C21H30N2O6S/c1-15(2)19(23-30(27,28)17-9-4-3-5-10-17)18(24)14-16-8-6-12-29-13-7-11-22-21(26)20(16)25/h3-5,9-10,15-16,19,23H,6-8,11-14H2,1-2H3,(H,22,26). The van der Waals surface area contributed by atoms with E-state index >= 15 is 0 Å². The maximum atomic E-state index is 13.0. The smallest absolute Gasteiger partial charge is 0.287 e. The molecule has 9 heteroatoms. The molecule has 30 heavy (non-hydrogen) atoms. The second-order valence-electron chi connectivity index (χ2n) is 7.75. The van der Waals surface area contributed by atoms with Crippen LogP contribution < -0.4 is 10.0 Å². The second kappa shape index (κ2) is 11.3. The van der Waals surface area contributed by atoms with Crippen molar-refractivity contribution >= 4 is 27.5 Å². The molecule has 0 radical (unpaired) electrons. The number of Topliss-reactive ketones (excluding diaryl/α,β-unsaturated/α-hetero) is 2. The Morgan fingerprint density at radius 1 is 1.17 bits per heavy atom. The summed E-state index contributed by atoms with van der Waals surface area (Å²) >= 11 is 0. The lowest BCUT2D eigenvalue weighted by Crippen LogP contribution is -2.46. The quantitative estimate of drug-likeness (QED) is 0.622. The minimum Gasteiger partial charge on any atom is -0.381 e. The largest absolute Gasteiger partial charge is 0.381 e. The first-order valence-electron chi connectivity index (χ1n) is 10.2. The molecule has 166 valence electrons. The molecule has 1 aromatic rings. The maximum absolute atomic E-state index is 13.0. The van der Waals surface area contributed by atoms with Gasteiger partial charge in [-0.05, 0) is 37.3 Å². The van der Waals surface area contributed by atoms with Gasteiger partial charge in [0.2, 0.25) is 15.8 Å². The number of hydrogen-bond donors (Lipinski definition) is 2.